The molecule has 0 aliphatic heterocycles. The average Bonchev–Trinajstić information content (AvgIpc) is 2.53. The molecule has 2 aromatic carbocycles. The molecule has 0 fully saturated rings. The SMILES string of the molecule is CC1(C)CCC(C)(C)c2cc([Se]C#Cc3ccccc3)ccc21. The second kappa shape index (κ2) is 6.20. The van der Waals surface area contributed by atoms with Crippen LogP contribution in [-0.2, 0) is 10.8 Å². The van der Waals surface area contributed by atoms with Crippen molar-refractivity contribution < 1.29 is 0 Å². The van der Waals surface area contributed by atoms with Crippen molar-refractivity contribution in [3.8, 4) is 10.7 Å². The molecule has 0 spiro atoms. The summed E-state index contributed by atoms with van der Waals surface area (Å²) in [6.45, 7) is 9.52. The molecule has 0 N–H and O–H groups in total. The Bertz CT molecular complexity index is 758. The third-order valence-corrected chi connectivity index (χ3v) is 6.42. The molecule has 0 bridgehead atoms. The predicted molar refractivity (Wildman–Crippen MR) is 100 cm³/mol. The second-order valence-electron chi connectivity index (χ2n) is 7.67. The molecule has 0 nitrogen and oxygen atoms in total. The van der Waals surface area contributed by atoms with Crippen LogP contribution in [0.3, 0.4) is 0 Å². The van der Waals surface area contributed by atoms with Gasteiger partial charge in [-0.05, 0) is 0 Å². The monoisotopic (exact) mass is 368 g/mol. The van der Waals surface area contributed by atoms with E-state index < -0.39 is 0 Å². The molecular weight excluding hydrogens is 343 g/mol. The fourth-order valence-electron chi connectivity index (χ4n) is 3.30. The first-order chi connectivity index (χ1) is 10.9. The molecule has 1 aliphatic rings. The van der Waals surface area contributed by atoms with Gasteiger partial charge >= 0.3 is 147 Å². The Hall–Kier alpha value is -1.48. The topological polar surface area (TPSA) is 0 Å². The standard InChI is InChI=1S/C22H24Se/c1-21(2)13-14-22(3,4)20-16-18(10-11-19(20)21)23-15-12-17-8-6-5-7-9-17/h5-11,16H,13-14H2,1-4H3. The zero-order valence-corrected chi connectivity index (χ0v) is 16.2. The van der Waals surface area contributed by atoms with Crippen LogP contribution in [0.25, 0.3) is 0 Å². The third kappa shape index (κ3) is 3.55. The van der Waals surface area contributed by atoms with Crippen LogP contribution in [0.5, 0.6) is 0 Å². The maximum atomic E-state index is 3.39. The Morgan fingerprint density at radius 3 is 2.17 bits per heavy atom. The number of rotatable bonds is 1. The van der Waals surface area contributed by atoms with Gasteiger partial charge in [0.2, 0.25) is 0 Å². The van der Waals surface area contributed by atoms with Gasteiger partial charge in [0.15, 0.2) is 0 Å². The summed E-state index contributed by atoms with van der Waals surface area (Å²) in [5.74, 6) is 3.29. The van der Waals surface area contributed by atoms with E-state index in [2.05, 4.69) is 68.8 Å². The molecule has 0 radical (unpaired) electrons. The first kappa shape index (κ1) is 16.4. The quantitative estimate of drug-likeness (QED) is 0.519. The van der Waals surface area contributed by atoms with Gasteiger partial charge in [-0.3, -0.25) is 0 Å². The van der Waals surface area contributed by atoms with Crippen molar-refractivity contribution >= 4 is 19.4 Å². The fourth-order valence-corrected chi connectivity index (χ4v) is 4.55. The number of fused-ring (bicyclic) bond motifs is 1. The van der Waals surface area contributed by atoms with Gasteiger partial charge in [0.1, 0.15) is 0 Å². The van der Waals surface area contributed by atoms with Crippen molar-refractivity contribution in [2.24, 2.45) is 0 Å². The average molecular weight is 367 g/mol. The molecule has 23 heavy (non-hydrogen) atoms. The van der Waals surface area contributed by atoms with Crippen LogP contribution in [0.4, 0.5) is 0 Å². The van der Waals surface area contributed by atoms with Crippen LogP contribution in [0, 0.1) is 10.7 Å². The first-order valence-corrected chi connectivity index (χ1v) is 9.98. The molecule has 0 aromatic heterocycles. The van der Waals surface area contributed by atoms with Crippen molar-refractivity contribution in [3.05, 3.63) is 65.2 Å². The molecular formula is C22H24Se. The zero-order chi connectivity index (χ0) is 16.5. The van der Waals surface area contributed by atoms with E-state index >= 15 is 0 Å². The van der Waals surface area contributed by atoms with Crippen molar-refractivity contribution in [1.82, 2.24) is 0 Å². The van der Waals surface area contributed by atoms with Crippen molar-refractivity contribution in [2.75, 3.05) is 0 Å². The summed E-state index contributed by atoms with van der Waals surface area (Å²) in [4.78, 5) is 3.39. The molecule has 0 atom stereocenters. The molecule has 3 rings (SSSR count). The Balaban J connectivity index is 1.88. The maximum absolute atomic E-state index is 3.39. The van der Waals surface area contributed by atoms with E-state index in [0.29, 0.717) is 5.41 Å². The minimum absolute atomic E-state index is 0.211. The van der Waals surface area contributed by atoms with Gasteiger partial charge in [-0.2, -0.15) is 0 Å². The first-order valence-electron chi connectivity index (χ1n) is 8.26. The summed E-state index contributed by atoms with van der Waals surface area (Å²) >= 11 is 0.211. The molecule has 1 aliphatic carbocycles. The minimum atomic E-state index is 0.211. The van der Waals surface area contributed by atoms with Gasteiger partial charge in [-0.25, -0.2) is 0 Å². The van der Waals surface area contributed by atoms with Crippen molar-refractivity contribution in [3.63, 3.8) is 0 Å². The van der Waals surface area contributed by atoms with Crippen LogP contribution in [0.2, 0.25) is 0 Å². The van der Waals surface area contributed by atoms with Gasteiger partial charge in [0.05, 0.1) is 0 Å². The molecule has 0 unspecified atom stereocenters. The Morgan fingerprint density at radius 2 is 1.48 bits per heavy atom. The zero-order valence-electron chi connectivity index (χ0n) is 14.4. The molecule has 118 valence electrons. The van der Waals surface area contributed by atoms with E-state index in [1.54, 1.807) is 0 Å². The van der Waals surface area contributed by atoms with Gasteiger partial charge in [-0.1, -0.05) is 0 Å². The van der Waals surface area contributed by atoms with E-state index in [1.807, 2.05) is 18.2 Å². The molecule has 1 heteroatoms. The normalized spacial score (nSPS) is 17.7. The van der Waals surface area contributed by atoms with Gasteiger partial charge in [0, 0.05) is 0 Å². The van der Waals surface area contributed by atoms with Crippen molar-refractivity contribution in [1.29, 1.82) is 0 Å². The fraction of sp³-hybridized carbons (Fsp3) is 0.364. The van der Waals surface area contributed by atoms with Gasteiger partial charge in [0.25, 0.3) is 0 Å². The molecule has 0 saturated heterocycles. The van der Waals surface area contributed by atoms with Crippen LogP contribution in [-0.4, -0.2) is 15.0 Å². The van der Waals surface area contributed by atoms with E-state index in [9.17, 15) is 0 Å². The summed E-state index contributed by atoms with van der Waals surface area (Å²) in [6.07, 6.45) is 2.53. The third-order valence-electron chi connectivity index (χ3n) is 4.96. The Morgan fingerprint density at radius 1 is 0.826 bits per heavy atom. The summed E-state index contributed by atoms with van der Waals surface area (Å²) < 4.78 is 1.39. The van der Waals surface area contributed by atoms with Crippen molar-refractivity contribution in [2.45, 2.75) is 51.4 Å². The second-order valence-corrected chi connectivity index (χ2v) is 9.52. The Kier molecular flexibility index (Phi) is 4.41. The summed E-state index contributed by atoms with van der Waals surface area (Å²) in [6, 6.07) is 17.3. The van der Waals surface area contributed by atoms with Crippen LogP contribution >= 0.6 is 0 Å². The van der Waals surface area contributed by atoms with Gasteiger partial charge in [-0.15, -0.1) is 0 Å². The van der Waals surface area contributed by atoms with Gasteiger partial charge < -0.3 is 0 Å². The number of hydrogen-bond acceptors (Lipinski definition) is 0. The summed E-state index contributed by atoms with van der Waals surface area (Å²) in [5.41, 5.74) is 4.75. The number of hydrogen-bond donors (Lipinski definition) is 0. The van der Waals surface area contributed by atoms with E-state index in [-0.39, 0.29) is 20.4 Å². The van der Waals surface area contributed by atoms with E-state index in [0.717, 1.165) is 5.56 Å². The van der Waals surface area contributed by atoms with Crippen LogP contribution < -0.4 is 4.46 Å². The molecule has 0 saturated carbocycles. The molecule has 2 aromatic rings. The molecule has 0 amide bonds. The van der Waals surface area contributed by atoms with Crippen LogP contribution in [0.15, 0.2) is 48.5 Å². The van der Waals surface area contributed by atoms with E-state index in [4.69, 9.17) is 0 Å². The van der Waals surface area contributed by atoms with E-state index in [1.165, 1.54) is 28.4 Å². The summed E-state index contributed by atoms with van der Waals surface area (Å²) in [5, 5.41) is 0. The number of benzene rings is 2. The Labute approximate surface area is 146 Å². The molecule has 0 heterocycles. The predicted octanol–water partition coefficient (Wildman–Crippen LogP) is 4.37. The summed E-state index contributed by atoms with van der Waals surface area (Å²) in [7, 11) is 0. The van der Waals surface area contributed by atoms with Crippen LogP contribution in [0.1, 0.15) is 57.2 Å².